The fourth-order valence-electron chi connectivity index (χ4n) is 8.87. The third-order valence-corrected chi connectivity index (χ3v) is 19.8. The van der Waals surface area contributed by atoms with Crippen molar-refractivity contribution in [2.45, 2.75) is 67.6 Å². The van der Waals surface area contributed by atoms with Crippen LogP contribution >= 0.6 is 36.4 Å². The molecule has 79 heavy (non-hydrogen) atoms. The zero-order valence-corrected chi connectivity index (χ0v) is 44.7. The third-order valence-electron chi connectivity index (χ3n) is 12.5. The Balaban J connectivity index is 1.03. The minimum absolute atomic E-state index is 0.0249. The maximum Gasteiger partial charge on any atom is 0.390 e. The maximum absolute atomic E-state index is 17.7. The number of carbonyl (C=O) groups is 1. The first-order valence-electron chi connectivity index (χ1n) is 23.9. The van der Waals surface area contributed by atoms with E-state index in [9.17, 15) is 25.0 Å². The number of para-hydroxylation sites is 2. The molecule has 3 aliphatic rings. The first kappa shape index (κ1) is 55.4. The van der Waals surface area contributed by atoms with E-state index >= 15 is 17.9 Å². The van der Waals surface area contributed by atoms with Gasteiger partial charge in [-0.25, -0.2) is 42.8 Å². The third kappa shape index (κ3) is 11.5. The van der Waals surface area contributed by atoms with Crippen molar-refractivity contribution in [3.8, 4) is 5.88 Å². The fourth-order valence-corrected chi connectivity index (χ4v) is 15.7. The number of fused-ring (bicyclic) bond motifs is 4. The van der Waals surface area contributed by atoms with Crippen LogP contribution in [0.3, 0.4) is 0 Å². The van der Waals surface area contributed by atoms with Crippen LogP contribution in [0.15, 0.2) is 123 Å². The van der Waals surface area contributed by atoms with Crippen LogP contribution in [0.1, 0.15) is 39.8 Å². The number of benzene rings is 3. The van der Waals surface area contributed by atoms with Gasteiger partial charge in [-0.05, 0) is 41.8 Å². The number of amides is 1. The highest BCUT2D eigenvalue weighted by Gasteiger charge is 2.56. The van der Waals surface area contributed by atoms with Crippen molar-refractivity contribution in [2.24, 2.45) is 0 Å². The normalized spacial score (nSPS) is 26.1. The van der Waals surface area contributed by atoms with Gasteiger partial charge in [-0.2, -0.15) is 4.98 Å². The molecule has 0 saturated carbocycles. The SMILES string of the molecule is C=CCOc1nc(C)nc2c1ncn2C1O[C@@H]2COP(=O)(SCc3ccccc3[N+](=O)[O-])O[C@H]3C(F)[C@H](n4cnc5c(N(CC=C)C(=O)c6ccccc6)ncnc54)O[C@@H]3COP(=O)(SCc3ccccc3[N+](=O)[O-])O[C@H]2[C@H]1F. The minimum Gasteiger partial charge on any atom is -0.472 e. The van der Waals surface area contributed by atoms with Gasteiger partial charge in [0.05, 0.1) is 35.7 Å². The number of nitrogens with zero attached hydrogens (tertiary/aromatic N) is 11. The predicted molar refractivity (Wildman–Crippen MR) is 283 cm³/mol. The number of rotatable bonds is 17. The summed E-state index contributed by atoms with van der Waals surface area (Å²) >= 11 is 0.909. The predicted octanol–water partition coefficient (Wildman–Crippen LogP) is 9.56. The van der Waals surface area contributed by atoms with Crippen LogP contribution in [0.2, 0.25) is 0 Å². The van der Waals surface area contributed by atoms with E-state index in [1.54, 1.807) is 37.3 Å². The standard InChI is InChI=1S/C48H45F2N11O14P2S2/c1-4-19-57(46(62)29-13-7-6-8-14-29)42-38-43(52-25-51-42)58(26-53-38)47-36(49)40-34(72-47)21-70-77(68,79-24-31-16-10-12-18-33(31)61(65)66)75-41-35(22-71-76(67,74-40)78-23-30-15-9-11-17-32(30)60(63)64)73-48(37(41)50)59-27-54-39-44(59)55-28(3)56-45(39)69-20-5-2/h4-18,25-27,34-37,40-41,47-48H,1-2,19-24H2,3H3/t34-,35-,36?,37-,40-,41-,47-,48?,76?,77?/m1/s1. The smallest absolute Gasteiger partial charge is 0.390 e. The number of imidazole rings is 2. The molecule has 10 atom stereocenters. The molecule has 0 radical (unpaired) electrons. The topological polar surface area (TPSA) is 293 Å². The quantitative estimate of drug-likeness (QED) is 0.0354. The summed E-state index contributed by atoms with van der Waals surface area (Å²) in [5.41, 5.74) is -0.0344. The Hall–Kier alpha value is -6.91. The van der Waals surface area contributed by atoms with Crippen LogP contribution in [0, 0.1) is 27.2 Å². The summed E-state index contributed by atoms with van der Waals surface area (Å²) in [6.07, 6.45) is -8.77. The second-order valence-electron chi connectivity index (χ2n) is 17.6. The van der Waals surface area contributed by atoms with Gasteiger partial charge in [-0.15, -0.1) is 6.58 Å². The number of ether oxygens (including phenoxy) is 3. The highest BCUT2D eigenvalue weighted by atomic mass is 32.7. The van der Waals surface area contributed by atoms with Crippen molar-refractivity contribution in [3.63, 3.8) is 0 Å². The van der Waals surface area contributed by atoms with Crippen LogP contribution in [0.25, 0.3) is 22.3 Å². The number of aryl methyl sites for hydroxylation is 1. The summed E-state index contributed by atoms with van der Waals surface area (Å²) in [6, 6.07) is 19.5. The highest BCUT2D eigenvalue weighted by Crippen LogP contribution is 2.67. The number of carbonyl (C=O) groups excluding carboxylic acids is 1. The number of halogens is 2. The van der Waals surface area contributed by atoms with Gasteiger partial charge >= 0.3 is 13.6 Å². The molecule has 7 heterocycles. The lowest BCUT2D eigenvalue weighted by Gasteiger charge is -2.30. The Kier molecular flexibility index (Phi) is 16.4. The van der Waals surface area contributed by atoms with Crippen molar-refractivity contribution in [1.29, 1.82) is 0 Å². The Morgan fingerprint density at radius 1 is 0.759 bits per heavy atom. The number of anilines is 1. The zero-order chi connectivity index (χ0) is 55.6. The zero-order valence-electron chi connectivity index (χ0n) is 41.3. The number of hydrogen-bond acceptors (Lipinski definition) is 22. The second kappa shape index (κ2) is 23.4. The van der Waals surface area contributed by atoms with Crippen LogP contribution < -0.4 is 9.64 Å². The Bertz CT molecular complexity index is 3570. The van der Waals surface area contributed by atoms with E-state index in [-0.39, 0.29) is 75.5 Å². The summed E-state index contributed by atoms with van der Waals surface area (Å²) < 4.78 is 111. The van der Waals surface area contributed by atoms with E-state index in [2.05, 4.69) is 43.1 Å². The Morgan fingerprint density at radius 3 is 1.84 bits per heavy atom. The summed E-state index contributed by atoms with van der Waals surface area (Å²) in [7, 11) is 0. The molecular formula is C48H45F2N11O14P2S2. The molecule has 10 rings (SSSR count). The number of alkyl halides is 2. The first-order chi connectivity index (χ1) is 38.1. The lowest BCUT2D eigenvalue weighted by Crippen LogP contribution is -2.37. The van der Waals surface area contributed by atoms with E-state index in [4.69, 9.17) is 32.3 Å². The molecule has 25 nitrogen and oxygen atoms in total. The van der Waals surface area contributed by atoms with Gasteiger partial charge in [0.25, 0.3) is 17.3 Å². The van der Waals surface area contributed by atoms with E-state index in [0.717, 1.165) is 6.33 Å². The van der Waals surface area contributed by atoms with Gasteiger partial charge in [0.1, 0.15) is 43.2 Å². The molecular weight excluding hydrogens is 1120 g/mol. The van der Waals surface area contributed by atoms with Crippen LogP contribution in [0.5, 0.6) is 5.88 Å². The average molecular weight is 1160 g/mol. The molecule has 0 aliphatic carbocycles. The fraction of sp³-hybridized carbons (Fsp3) is 0.312. The van der Waals surface area contributed by atoms with Gasteiger partial charge < -0.3 is 14.2 Å². The van der Waals surface area contributed by atoms with Crippen molar-refractivity contribution in [3.05, 3.63) is 166 Å². The van der Waals surface area contributed by atoms with Crippen molar-refractivity contribution < 1.29 is 64.9 Å². The molecule has 31 heteroatoms. The van der Waals surface area contributed by atoms with Crippen molar-refractivity contribution in [1.82, 2.24) is 39.0 Å². The van der Waals surface area contributed by atoms with Crippen LogP contribution in [-0.4, -0.2) is 118 Å². The summed E-state index contributed by atoms with van der Waals surface area (Å²) in [6.45, 7) is -2.48. The van der Waals surface area contributed by atoms with Crippen LogP contribution in [0.4, 0.5) is 26.0 Å². The van der Waals surface area contributed by atoms with Crippen LogP contribution in [-0.2, 0) is 48.2 Å². The van der Waals surface area contributed by atoms with Gasteiger partial charge in [-0.1, -0.05) is 73.3 Å². The summed E-state index contributed by atoms with van der Waals surface area (Å²) in [4.78, 5) is 64.3. The largest absolute Gasteiger partial charge is 0.472 e. The van der Waals surface area contributed by atoms with E-state index in [1.165, 1.54) is 87.4 Å². The molecule has 7 aromatic rings. The summed E-state index contributed by atoms with van der Waals surface area (Å²) in [5.74, 6) is -0.974. The Labute approximate surface area is 454 Å². The molecule has 4 aromatic heterocycles. The number of nitro groups is 2. The number of nitro benzene ring substituents is 2. The van der Waals surface area contributed by atoms with Crippen molar-refractivity contribution >= 4 is 81.8 Å². The van der Waals surface area contributed by atoms with Gasteiger partial charge in [0, 0.05) is 46.9 Å². The number of aromatic nitrogens is 8. The minimum atomic E-state index is -4.87. The van der Waals surface area contributed by atoms with Crippen molar-refractivity contribution in [2.75, 3.05) is 31.3 Å². The molecule has 3 aliphatic heterocycles. The molecule has 0 bridgehead atoms. The molecule has 0 spiro atoms. The molecule has 3 aromatic carbocycles. The van der Waals surface area contributed by atoms with E-state index in [0.29, 0.717) is 28.3 Å². The Morgan fingerprint density at radius 2 is 1.29 bits per heavy atom. The monoisotopic (exact) mass is 1160 g/mol. The average Bonchev–Trinajstić information content (AvgIpc) is 4.44. The number of hydrogen-bond donors (Lipinski definition) is 0. The molecule has 412 valence electrons. The van der Waals surface area contributed by atoms with Gasteiger partial charge in [0.2, 0.25) is 5.88 Å². The van der Waals surface area contributed by atoms with Gasteiger partial charge in [0.15, 0.2) is 52.9 Å². The first-order valence-corrected chi connectivity index (χ1v) is 30.1. The van der Waals surface area contributed by atoms with E-state index < -0.39 is 103 Å². The molecule has 1 amide bonds. The maximum atomic E-state index is 17.7. The highest BCUT2D eigenvalue weighted by molar-refractivity contribution is 8.55. The summed E-state index contributed by atoms with van der Waals surface area (Å²) in [5, 5.41) is 24.2. The second-order valence-corrected chi connectivity index (χ2v) is 25.6. The van der Waals surface area contributed by atoms with Gasteiger partial charge in [-0.3, -0.25) is 57.2 Å². The molecule has 0 N–H and O–H groups in total. The van der Waals surface area contributed by atoms with E-state index in [1.807, 2.05) is 0 Å². The molecule has 3 fully saturated rings. The lowest BCUT2D eigenvalue weighted by atomic mass is 10.1. The molecule has 3 saturated heterocycles. The molecule has 4 unspecified atom stereocenters. The lowest BCUT2D eigenvalue weighted by molar-refractivity contribution is -0.385.